The van der Waals surface area contributed by atoms with E-state index in [4.69, 9.17) is 16.7 Å². The van der Waals surface area contributed by atoms with Gasteiger partial charge < -0.3 is 15.3 Å². The SMILES string of the molecule is CC(C(=O)O)c1cccc(NC(=O)C2CC(=O)N(c3ccccc3Cl)C2)c1. The van der Waals surface area contributed by atoms with Crippen LogP contribution in [-0.2, 0) is 14.4 Å². The average molecular weight is 387 g/mol. The molecule has 3 rings (SSSR count). The number of carboxylic acid groups (broad SMARTS) is 1. The number of hydrogen-bond acceptors (Lipinski definition) is 3. The third-order valence-corrected chi connectivity index (χ3v) is 4.98. The van der Waals surface area contributed by atoms with E-state index in [-0.39, 0.29) is 24.8 Å². The van der Waals surface area contributed by atoms with Crippen LogP contribution in [0.4, 0.5) is 11.4 Å². The van der Waals surface area contributed by atoms with Gasteiger partial charge in [0.25, 0.3) is 0 Å². The monoisotopic (exact) mass is 386 g/mol. The van der Waals surface area contributed by atoms with E-state index in [1.165, 1.54) is 4.90 Å². The first kappa shape index (κ1) is 18.9. The number of rotatable bonds is 5. The Morgan fingerprint density at radius 2 is 1.96 bits per heavy atom. The molecule has 2 aromatic rings. The molecule has 1 aliphatic rings. The molecule has 2 unspecified atom stereocenters. The van der Waals surface area contributed by atoms with Crippen LogP contribution in [0.15, 0.2) is 48.5 Å². The van der Waals surface area contributed by atoms with Gasteiger partial charge in [0.05, 0.1) is 22.5 Å². The molecule has 1 fully saturated rings. The number of aliphatic carboxylic acids is 1. The summed E-state index contributed by atoms with van der Waals surface area (Å²) in [5.41, 5.74) is 1.70. The minimum atomic E-state index is -0.935. The van der Waals surface area contributed by atoms with Gasteiger partial charge in [-0.3, -0.25) is 14.4 Å². The molecule has 0 aromatic heterocycles. The van der Waals surface area contributed by atoms with Crippen LogP contribution in [0.5, 0.6) is 0 Å². The highest BCUT2D eigenvalue weighted by atomic mass is 35.5. The number of halogens is 1. The second-order valence-corrected chi connectivity index (χ2v) is 6.94. The molecule has 140 valence electrons. The van der Waals surface area contributed by atoms with Crippen molar-refractivity contribution in [1.29, 1.82) is 0 Å². The first-order valence-electron chi connectivity index (χ1n) is 8.55. The third kappa shape index (κ3) is 4.11. The average Bonchev–Trinajstić information content (AvgIpc) is 3.03. The Morgan fingerprint density at radius 1 is 1.22 bits per heavy atom. The van der Waals surface area contributed by atoms with Gasteiger partial charge >= 0.3 is 5.97 Å². The first-order valence-corrected chi connectivity index (χ1v) is 8.93. The van der Waals surface area contributed by atoms with Crippen molar-refractivity contribution in [2.24, 2.45) is 5.92 Å². The Kier molecular flexibility index (Phi) is 5.46. The summed E-state index contributed by atoms with van der Waals surface area (Å²) in [7, 11) is 0. The van der Waals surface area contributed by atoms with Crippen molar-refractivity contribution < 1.29 is 19.5 Å². The quantitative estimate of drug-likeness (QED) is 0.823. The maximum absolute atomic E-state index is 12.6. The van der Waals surface area contributed by atoms with Gasteiger partial charge in [0, 0.05) is 18.7 Å². The minimum Gasteiger partial charge on any atom is -0.481 e. The zero-order valence-corrected chi connectivity index (χ0v) is 15.4. The molecule has 0 spiro atoms. The van der Waals surface area contributed by atoms with Crippen LogP contribution in [0.25, 0.3) is 0 Å². The first-order chi connectivity index (χ1) is 12.9. The van der Waals surface area contributed by atoms with Crippen molar-refractivity contribution in [3.63, 3.8) is 0 Å². The van der Waals surface area contributed by atoms with E-state index in [9.17, 15) is 14.4 Å². The smallest absolute Gasteiger partial charge is 0.310 e. The molecule has 6 nitrogen and oxygen atoms in total. The van der Waals surface area contributed by atoms with Gasteiger partial charge in [-0.1, -0.05) is 35.9 Å². The minimum absolute atomic E-state index is 0.0995. The van der Waals surface area contributed by atoms with E-state index in [1.807, 2.05) is 0 Å². The van der Waals surface area contributed by atoms with E-state index >= 15 is 0 Å². The van der Waals surface area contributed by atoms with Crippen LogP contribution in [0.3, 0.4) is 0 Å². The van der Waals surface area contributed by atoms with Crippen LogP contribution in [0.1, 0.15) is 24.8 Å². The van der Waals surface area contributed by atoms with E-state index in [0.29, 0.717) is 22.0 Å². The van der Waals surface area contributed by atoms with Crippen molar-refractivity contribution >= 4 is 40.8 Å². The maximum atomic E-state index is 12.6. The second kappa shape index (κ2) is 7.80. The van der Waals surface area contributed by atoms with Crippen LogP contribution in [0.2, 0.25) is 5.02 Å². The van der Waals surface area contributed by atoms with Crippen molar-refractivity contribution in [1.82, 2.24) is 0 Å². The molecular weight excluding hydrogens is 368 g/mol. The van der Waals surface area contributed by atoms with Crippen molar-refractivity contribution in [3.8, 4) is 0 Å². The van der Waals surface area contributed by atoms with Gasteiger partial charge in [-0.2, -0.15) is 0 Å². The molecule has 1 heterocycles. The van der Waals surface area contributed by atoms with E-state index < -0.39 is 17.8 Å². The lowest BCUT2D eigenvalue weighted by molar-refractivity contribution is -0.138. The summed E-state index contributed by atoms with van der Waals surface area (Å²) in [6.07, 6.45) is 0.0995. The summed E-state index contributed by atoms with van der Waals surface area (Å²) >= 11 is 6.16. The fraction of sp³-hybridized carbons (Fsp3) is 0.250. The molecule has 0 bridgehead atoms. The molecule has 0 saturated carbocycles. The van der Waals surface area contributed by atoms with Crippen LogP contribution in [0, 0.1) is 5.92 Å². The lowest BCUT2D eigenvalue weighted by Gasteiger charge is -2.18. The Balaban J connectivity index is 1.71. The van der Waals surface area contributed by atoms with Crippen LogP contribution >= 0.6 is 11.6 Å². The number of para-hydroxylation sites is 1. The number of carbonyl (C=O) groups excluding carboxylic acids is 2. The molecule has 0 aliphatic carbocycles. The summed E-state index contributed by atoms with van der Waals surface area (Å²) in [5.74, 6) is -2.55. The molecule has 2 N–H and O–H groups in total. The Hall–Kier alpha value is -2.86. The van der Waals surface area contributed by atoms with Crippen molar-refractivity contribution in [2.75, 3.05) is 16.8 Å². The molecule has 2 amide bonds. The number of nitrogens with one attached hydrogen (secondary N) is 1. The zero-order valence-electron chi connectivity index (χ0n) is 14.7. The highest BCUT2D eigenvalue weighted by molar-refractivity contribution is 6.33. The Morgan fingerprint density at radius 3 is 2.67 bits per heavy atom. The number of carboxylic acids is 1. The standard InChI is InChI=1S/C20H19ClN2O4/c1-12(20(26)27)13-5-4-6-15(9-13)22-19(25)14-10-18(24)23(11-14)17-8-3-2-7-16(17)21/h2-9,12,14H,10-11H2,1H3,(H,22,25)(H,26,27). The van der Waals surface area contributed by atoms with Gasteiger partial charge in [-0.05, 0) is 36.8 Å². The van der Waals surface area contributed by atoms with E-state index in [2.05, 4.69) is 5.32 Å². The van der Waals surface area contributed by atoms with E-state index in [1.54, 1.807) is 55.5 Å². The third-order valence-electron chi connectivity index (χ3n) is 4.66. The largest absolute Gasteiger partial charge is 0.481 e. The molecule has 7 heteroatoms. The lowest BCUT2D eigenvalue weighted by Crippen LogP contribution is -2.28. The number of carbonyl (C=O) groups is 3. The molecule has 0 radical (unpaired) electrons. The van der Waals surface area contributed by atoms with Crippen molar-refractivity contribution in [3.05, 3.63) is 59.1 Å². The number of hydrogen-bond donors (Lipinski definition) is 2. The zero-order chi connectivity index (χ0) is 19.6. The number of anilines is 2. The molecular formula is C20H19ClN2O4. The predicted octanol–water partition coefficient (Wildman–Crippen LogP) is 3.52. The van der Waals surface area contributed by atoms with Gasteiger partial charge in [0.2, 0.25) is 11.8 Å². The highest BCUT2D eigenvalue weighted by Crippen LogP contribution is 2.31. The molecule has 27 heavy (non-hydrogen) atoms. The van der Waals surface area contributed by atoms with Gasteiger partial charge in [-0.15, -0.1) is 0 Å². The normalized spacial score (nSPS) is 17.6. The fourth-order valence-electron chi connectivity index (χ4n) is 3.06. The van der Waals surface area contributed by atoms with Crippen LogP contribution < -0.4 is 10.2 Å². The number of nitrogens with zero attached hydrogens (tertiary/aromatic N) is 1. The summed E-state index contributed by atoms with van der Waals surface area (Å²) in [5, 5.41) is 12.4. The summed E-state index contributed by atoms with van der Waals surface area (Å²) < 4.78 is 0. The van der Waals surface area contributed by atoms with Gasteiger partial charge in [0.1, 0.15) is 0 Å². The summed E-state index contributed by atoms with van der Waals surface area (Å²) in [6.45, 7) is 1.83. The Bertz CT molecular complexity index is 899. The predicted molar refractivity (Wildman–Crippen MR) is 103 cm³/mol. The molecule has 1 saturated heterocycles. The lowest BCUT2D eigenvalue weighted by atomic mass is 10.0. The van der Waals surface area contributed by atoms with Crippen molar-refractivity contribution in [2.45, 2.75) is 19.3 Å². The summed E-state index contributed by atoms with van der Waals surface area (Å²) in [4.78, 5) is 37.6. The number of benzene rings is 2. The Labute approximate surface area is 161 Å². The van der Waals surface area contributed by atoms with E-state index in [0.717, 1.165) is 0 Å². The highest BCUT2D eigenvalue weighted by Gasteiger charge is 2.35. The van der Waals surface area contributed by atoms with Crippen LogP contribution in [-0.4, -0.2) is 29.4 Å². The molecule has 1 aliphatic heterocycles. The maximum Gasteiger partial charge on any atom is 0.310 e. The van der Waals surface area contributed by atoms with Gasteiger partial charge in [-0.25, -0.2) is 0 Å². The second-order valence-electron chi connectivity index (χ2n) is 6.53. The molecule has 2 aromatic carbocycles. The van der Waals surface area contributed by atoms with Gasteiger partial charge in [0.15, 0.2) is 0 Å². The summed E-state index contributed by atoms with van der Waals surface area (Å²) in [6, 6.07) is 13.7. The topological polar surface area (TPSA) is 86.7 Å². The number of amides is 2. The molecule has 2 atom stereocenters. The fourth-order valence-corrected chi connectivity index (χ4v) is 3.30.